The van der Waals surface area contributed by atoms with E-state index in [0.717, 1.165) is 30.0 Å². The molecule has 0 aliphatic carbocycles. The maximum absolute atomic E-state index is 11.9. The van der Waals surface area contributed by atoms with Crippen molar-refractivity contribution < 1.29 is 14.3 Å². The van der Waals surface area contributed by atoms with Gasteiger partial charge >= 0.3 is 0 Å². The first-order chi connectivity index (χ1) is 13.9. The second-order valence-electron chi connectivity index (χ2n) is 7.55. The number of furan rings is 1. The summed E-state index contributed by atoms with van der Waals surface area (Å²) in [5.41, 5.74) is 0.843. The maximum Gasteiger partial charge on any atom is 0.227 e. The van der Waals surface area contributed by atoms with Crippen LogP contribution in [0, 0.1) is 6.92 Å². The molecular weight excluding hydrogens is 495 g/mol. The van der Waals surface area contributed by atoms with E-state index in [1.54, 1.807) is 13.0 Å². The first-order valence-corrected chi connectivity index (χ1v) is 10.1. The van der Waals surface area contributed by atoms with Gasteiger partial charge in [-0.05, 0) is 57.0 Å². The van der Waals surface area contributed by atoms with Crippen LogP contribution in [0.1, 0.15) is 43.8 Å². The number of rotatable bonds is 7. The molecule has 1 unspecified atom stereocenters. The zero-order chi connectivity index (χ0) is 20.9. The number of nitrogens with one attached hydrogen (secondary N) is 2. The Morgan fingerprint density at radius 2 is 1.97 bits per heavy atom. The lowest BCUT2D eigenvalue weighted by Crippen LogP contribution is -2.44. The number of amides is 1. The Morgan fingerprint density at radius 3 is 2.53 bits per heavy atom. The molecule has 1 aromatic carbocycles. The molecule has 2 heterocycles. The summed E-state index contributed by atoms with van der Waals surface area (Å²) in [7, 11) is 0. The number of hydrogen-bond acceptors (Lipinski definition) is 4. The molecule has 1 saturated heterocycles. The third-order valence-electron chi connectivity index (χ3n) is 4.96. The Hall–Kier alpha value is -2.07. The highest BCUT2D eigenvalue weighted by Crippen LogP contribution is 2.23. The lowest BCUT2D eigenvalue weighted by molar-refractivity contribution is -0.117. The summed E-state index contributed by atoms with van der Waals surface area (Å²) in [4.78, 5) is 18.3. The van der Waals surface area contributed by atoms with E-state index in [9.17, 15) is 9.90 Å². The van der Waals surface area contributed by atoms with Gasteiger partial charge in [0.25, 0.3) is 0 Å². The van der Waals surface area contributed by atoms with E-state index >= 15 is 0 Å². The summed E-state index contributed by atoms with van der Waals surface area (Å²) in [6, 6.07) is 11.6. The third-order valence-corrected chi connectivity index (χ3v) is 4.96. The van der Waals surface area contributed by atoms with Gasteiger partial charge < -0.3 is 25.1 Å². The van der Waals surface area contributed by atoms with E-state index in [2.05, 4.69) is 15.6 Å². The summed E-state index contributed by atoms with van der Waals surface area (Å²) < 4.78 is 5.55. The van der Waals surface area contributed by atoms with Crippen LogP contribution < -0.4 is 15.5 Å². The molecule has 2 aromatic rings. The van der Waals surface area contributed by atoms with Crippen LogP contribution in [0.5, 0.6) is 0 Å². The topological polar surface area (TPSA) is 90.1 Å². The standard InChI is InChI=1S/C22H30N4O3.HI/c1-4-23-21(25-15-22(3,28)19-12-7-16(2)29-19)24-14-17-8-10-18(11-9-17)26-13-5-6-20(26)27;/h7-12,28H,4-6,13-15H2,1-3H3,(H2,23,24,25);1H. The van der Waals surface area contributed by atoms with E-state index in [4.69, 9.17) is 4.42 Å². The van der Waals surface area contributed by atoms with Gasteiger partial charge in [0.1, 0.15) is 17.1 Å². The van der Waals surface area contributed by atoms with Crippen molar-refractivity contribution in [3.8, 4) is 0 Å². The van der Waals surface area contributed by atoms with E-state index in [1.165, 1.54) is 0 Å². The Morgan fingerprint density at radius 1 is 1.23 bits per heavy atom. The molecule has 1 atom stereocenters. The quantitative estimate of drug-likeness (QED) is 0.293. The van der Waals surface area contributed by atoms with Gasteiger partial charge in [-0.25, -0.2) is 4.99 Å². The van der Waals surface area contributed by atoms with Gasteiger partial charge in [-0.2, -0.15) is 0 Å². The monoisotopic (exact) mass is 526 g/mol. The molecule has 3 N–H and O–H groups in total. The predicted molar refractivity (Wildman–Crippen MR) is 129 cm³/mol. The minimum absolute atomic E-state index is 0. The van der Waals surface area contributed by atoms with Crippen molar-refractivity contribution in [1.29, 1.82) is 0 Å². The number of carbonyl (C=O) groups is 1. The first kappa shape index (κ1) is 24.2. The first-order valence-electron chi connectivity index (χ1n) is 10.1. The van der Waals surface area contributed by atoms with Crippen molar-refractivity contribution in [2.75, 3.05) is 24.5 Å². The van der Waals surface area contributed by atoms with Crippen LogP contribution in [0.3, 0.4) is 0 Å². The van der Waals surface area contributed by atoms with Gasteiger partial charge in [0, 0.05) is 25.2 Å². The van der Waals surface area contributed by atoms with Crippen LogP contribution in [-0.4, -0.2) is 36.6 Å². The highest BCUT2D eigenvalue weighted by atomic mass is 127. The van der Waals surface area contributed by atoms with Crippen molar-refractivity contribution in [2.24, 2.45) is 4.99 Å². The van der Waals surface area contributed by atoms with Gasteiger partial charge in [0.2, 0.25) is 5.91 Å². The molecule has 7 nitrogen and oxygen atoms in total. The van der Waals surface area contributed by atoms with Crippen molar-refractivity contribution >= 4 is 41.5 Å². The van der Waals surface area contributed by atoms with Crippen LogP contribution in [0.2, 0.25) is 0 Å². The van der Waals surface area contributed by atoms with E-state index < -0.39 is 5.60 Å². The summed E-state index contributed by atoms with van der Waals surface area (Å²) in [6.45, 7) is 7.81. The molecule has 0 spiro atoms. The molecule has 0 saturated carbocycles. The van der Waals surface area contributed by atoms with E-state index in [0.29, 0.717) is 31.2 Å². The Bertz CT molecular complexity index is 862. The van der Waals surface area contributed by atoms with Gasteiger partial charge in [-0.1, -0.05) is 12.1 Å². The van der Waals surface area contributed by atoms with Gasteiger partial charge in [0.05, 0.1) is 13.1 Å². The summed E-state index contributed by atoms with van der Waals surface area (Å²) in [5, 5.41) is 17.1. The molecule has 3 rings (SSSR count). The maximum atomic E-state index is 11.9. The third kappa shape index (κ3) is 6.21. The fourth-order valence-corrected chi connectivity index (χ4v) is 3.28. The number of benzene rings is 1. The molecule has 1 fully saturated rings. The number of aryl methyl sites for hydroxylation is 1. The zero-order valence-electron chi connectivity index (χ0n) is 17.8. The van der Waals surface area contributed by atoms with Crippen LogP contribution in [0.15, 0.2) is 45.8 Å². The second-order valence-corrected chi connectivity index (χ2v) is 7.55. The predicted octanol–water partition coefficient (Wildman–Crippen LogP) is 3.30. The molecule has 0 radical (unpaired) electrons. The van der Waals surface area contributed by atoms with Crippen molar-refractivity contribution in [1.82, 2.24) is 10.6 Å². The molecule has 0 bridgehead atoms. The normalized spacial score (nSPS) is 16.2. The molecule has 30 heavy (non-hydrogen) atoms. The smallest absolute Gasteiger partial charge is 0.227 e. The van der Waals surface area contributed by atoms with Crippen LogP contribution in [-0.2, 0) is 16.9 Å². The number of halogens is 1. The molecule has 164 valence electrons. The van der Waals surface area contributed by atoms with Gasteiger partial charge in [-0.15, -0.1) is 24.0 Å². The number of nitrogens with zero attached hydrogens (tertiary/aromatic N) is 2. The summed E-state index contributed by atoms with van der Waals surface area (Å²) >= 11 is 0. The molecule has 8 heteroatoms. The number of aliphatic imine (C=N–C) groups is 1. The van der Waals surface area contributed by atoms with Crippen molar-refractivity contribution in [3.63, 3.8) is 0 Å². The number of hydrogen-bond donors (Lipinski definition) is 3. The Kier molecular flexibility index (Phi) is 8.72. The molecule has 1 amide bonds. The minimum atomic E-state index is -1.14. The fraction of sp³-hybridized carbons (Fsp3) is 0.455. The largest absolute Gasteiger partial charge is 0.463 e. The van der Waals surface area contributed by atoms with Crippen LogP contribution in [0.25, 0.3) is 0 Å². The number of anilines is 1. The molecule has 1 aliphatic rings. The van der Waals surface area contributed by atoms with Crippen LogP contribution >= 0.6 is 24.0 Å². The van der Waals surface area contributed by atoms with E-state index in [-0.39, 0.29) is 36.4 Å². The van der Waals surface area contributed by atoms with Crippen molar-refractivity contribution in [3.05, 3.63) is 53.5 Å². The minimum Gasteiger partial charge on any atom is -0.463 e. The Balaban J connectivity index is 0.00000320. The number of guanidine groups is 1. The van der Waals surface area contributed by atoms with Gasteiger partial charge in [-0.3, -0.25) is 4.79 Å². The highest BCUT2D eigenvalue weighted by molar-refractivity contribution is 14.0. The van der Waals surface area contributed by atoms with Crippen molar-refractivity contribution in [2.45, 2.75) is 45.8 Å². The SMILES string of the molecule is CCNC(=NCc1ccc(N2CCCC2=O)cc1)NCC(C)(O)c1ccc(C)o1.I. The lowest BCUT2D eigenvalue weighted by atomic mass is 10.0. The number of carbonyl (C=O) groups excluding carboxylic acids is 1. The van der Waals surface area contributed by atoms with Crippen LogP contribution in [0.4, 0.5) is 5.69 Å². The summed E-state index contributed by atoms with van der Waals surface area (Å²) in [6.07, 6.45) is 1.55. The molecule has 1 aromatic heterocycles. The molecular formula is C22H31IN4O3. The fourth-order valence-electron chi connectivity index (χ4n) is 3.28. The summed E-state index contributed by atoms with van der Waals surface area (Å²) in [5.74, 6) is 2.09. The average molecular weight is 526 g/mol. The van der Waals surface area contributed by atoms with E-state index in [1.807, 2.05) is 49.1 Å². The average Bonchev–Trinajstić information content (AvgIpc) is 3.33. The highest BCUT2D eigenvalue weighted by Gasteiger charge is 2.27. The lowest BCUT2D eigenvalue weighted by Gasteiger charge is -2.23. The number of aliphatic hydroxyl groups is 1. The van der Waals surface area contributed by atoms with Gasteiger partial charge in [0.15, 0.2) is 5.96 Å². The Labute approximate surface area is 195 Å². The molecule has 1 aliphatic heterocycles. The second kappa shape index (κ2) is 10.8. The zero-order valence-corrected chi connectivity index (χ0v) is 20.1.